The van der Waals surface area contributed by atoms with E-state index in [1.54, 1.807) is 17.7 Å². The minimum absolute atomic E-state index is 0.0955. The average molecular weight is 455 g/mol. The Morgan fingerprint density at radius 2 is 1.87 bits per heavy atom. The smallest absolute Gasteiger partial charge is 0.417 e. The molecule has 0 aliphatic carbocycles. The zero-order valence-electron chi connectivity index (χ0n) is 16.4. The standard InChI is InChI=1S/C18H22F5N3O3S/c1-17(5-7-30(27)8-6-17)16-24-11-3-4-14(25-15(11)26(16)2)29-9-12(18(21,22)23)28-10-13(19)20/h3-4,12-13H,5-10H2,1-2H3. The van der Waals surface area contributed by atoms with Crippen molar-refractivity contribution >= 4 is 22.0 Å². The Labute approximate surface area is 172 Å². The molecule has 0 radical (unpaired) electrons. The number of pyridine rings is 1. The highest BCUT2D eigenvalue weighted by atomic mass is 32.2. The largest absolute Gasteiger partial charge is 0.474 e. The Kier molecular flexibility index (Phi) is 6.66. The second kappa shape index (κ2) is 8.74. The van der Waals surface area contributed by atoms with E-state index in [0.29, 0.717) is 35.5 Å². The van der Waals surface area contributed by atoms with Crippen LogP contribution in [0.1, 0.15) is 25.6 Å². The third-order valence-electron chi connectivity index (χ3n) is 5.16. The van der Waals surface area contributed by atoms with E-state index in [1.807, 2.05) is 6.92 Å². The average Bonchev–Trinajstić information content (AvgIpc) is 3.00. The van der Waals surface area contributed by atoms with Gasteiger partial charge >= 0.3 is 6.18 Å². The summed E-state index contributed by atoms with van der Waals surface area (Å²) in [6.45, 7) is -0.298. The number of ether oxygens (including phenoxy) is 2. The van der Waals surface area contributed by atoms with Gasteiger partial charge in [-0.1, -0.05) is 6.92 Å². The van der Waals surface area contributed by atoms with Gasteiger partial charge in [0.25, 0.3) is 6.43 Å². The molecule has 0 N–H and O–H groups in total. The minimum Gasteiger partial charge on any atom is -0.474 e. The van der Waals surface area contributed by atoms with E-state index in [1.165, 1.54) is 6.07 Å². The van der Waals surface area contributed by atoms with Gasteiger partial charge in [0.15, 0.2) is 11.8 Å². The van der Waals surface area contributed by atoms with Crippen molar-refractivity contribution in [3.8, 4) is 5.88 Å². The molecule has 1 atom stereocenters. The lowest BCUT2D eigenvalue weighted by atomic mass is 9.83. The SMILES string of the molecule is Cn1c(C2(C)CCS(=O)CC2)nc2ccc(OCC(OCC(F)F)C(F)(F)F)nc21. The monoisotopic (exact) mass is 455 g/mol. The third-order valence-corrected chi connectivity index (χ3v) is 6.48. The number of alkyl halides is 5. The maximum absolute atomic E-state index is 13.0. The topological polar surface area (TPSA) is 66.2 Å². The van der Waals surface area contributed by atoms with Crippen LogP contribution in [0.2, 0.25) is 0 Å². The zero-order chi connectivity index (χ0) is 22.1. The van der Waals surface area contributed by atoms with Crippen LogP contribution < -0.4 is 4.74 Å². The van der Waals surface area contributed by atoms with Crippen LogP contribution in [0.5, 0.6) is 5.88 Å². The first-order chi connectivity index (χ1) is 14.0. The Hall–Kier alpha value is -1.82. The molecule has 0 saturated carbocycles. The first-order valence-electron chi connectivity index (χ1n) is 9.28. The summed E-state index contributed by atoms with van der Waals surface area (Å²) in [7, 11) is 0.921. The molecule has 30 heavy (non-hydrogen) atoms. The number of fused-ring (bicyclic) bond motifs is 1. The fourth-order valence-electron chi connectivity index (χ4n) is 3.38. The Morgan fingerprint density at radius 1 is 1.20 bits per heavy atom. The van der Waals surface area contributed by atoms with Crippen molar-refractivity contribution in [2.24, 2.45) is 7.05 Å². The number of imidazole rings is 1. The molecule has 3 heterocycles. The normalized spacial score (nSPS) is 23.8. The lowest BCUT2D eigenvalue weighted by Gasteiger charge is -2.32. The van der Waals surface area contributed by atoms with E-state index < -0.39 is 42.7 Å². The lowest BCUT2D eigenvalue weighted by Crippen LogP contribution is -2.38. The molecule has 0 bridgehead atoms. The molecule has 0 amide bonds. The fraction of sp³-hybridized carbons (Fsp3) is 0.667. The van der Waals surface area contributed by atoms with Gasteiger partial charge in [-0.05, 0) is 18.9 Å². The van der Waals surface area contributed by atoms with Gasteiger partial charge in [-0.2, -0.15) is 18.2 Å². The summed E-state index contributed by atoms with van der Waals surface area (Å²) in [5, 5.41) is 0. The van der Waals surface area contributed by atoms with Gasteiger partial charge in [-0.15, -0.1) is 0 Å². The number of halogens is 5. The number of aromatic nitrogens is 3. The molecule has 2 aromatic rings. The van der Waals surface area contributed by atoms with Crippen LogP contribution in [0.3, 0.4) is 0 Å². The van der Waals surface area contributed by atoms with Crippen molar-refractivity contribution in [2.45, 2.75) is 43.9 Å². The van der Waals surface area contributed by atoms with Gasteiger partial charge in [0.2, 0.25) is 5.88 Å². The molecule has 168 valence electrons. The predicted octanol–water partition coefficient (Wildman–Crippen LogP) is 3.36. The number of hydrogen-bond acceptors (Lipinski definition) is 5. The zero-order valence-corrected chi connectivity index (χ0v) is 17.2. The van der Waals surface area contributed by atoms with Crippen molar-refractivity contribution in [1.82, 2.24) is 14.5 Å². The minimum atomic E-state index is -4.85. The highest BCUT2D eigenvalue weighted by molar-refractivity contribution is 7.85. The molecule has 0 spiro atoms. The van der Waals surface area contributed by atoms with Crippen LogP contribution in [0.4, 0.5) is 22.0 Å². The Morgan fingerprint density at radius 3 is 2.47 bits per heavy atom. The summed E-state index contributed by atoms with van der Waals surface area (Å²) in [6.07, 6.45) is -8.96. The highest BCUT2D eigenvalue weighted by Gasteiger charge is 2.42. The molecular formula is C18H22F5N3O3S. The molecule has 6 nitrogen and oxygen atoms in total. The summed E-state index contributed by atoms with van der Waals surface area (Å²) in [4.78, 5) is 8.85. The van der Waals surface area contributed by atoms with Gasteiger partial charge < -0.3 is 14.0 Å². The first-order valence-corrected chi connectivity index (χ1v) is 10.8. The molecule has 3 rings (SSSR count). The van der Waals surface area contributed by atoms with E-state index in [9.17, 15) is 26.2 Å². The van der Waals surface area contributed by atoms with E-state index >= 15 is 0 Å². The lowest BCUT2D eigenvalue weighted by molar-refractivity contribution is -0.234. The quantitative estimate of drug-likeness (QED) is 0.599. The summed E-state index contributed by atoms with van der Waals surface area (Å²) in [6, 6.07) is 2.95. The first kappa shape index (κ1) is 22.9. The van der Waals surface area contributed by atoms with Crippen molar-refractivity contribution in [2.75, 3.05) is 24.7 Å². The fourth-order valence-corrected chi connectivity index (χ4v) is 4.94. The van der Waals surface area contributed by atoms with E-state index in [4.69, 9.17) is 4.74 Å². The van der Waals surface area contributed by atoms with Gasteiger partial charge in [0, 0.05) is 40.8 Å². The van der Waals surface area contributed by atoms with Crippen molar-refractivity contribution in [3.05, 3.63) is 18.0 Å². The highest BCUT2D eigenvalue weighted by Crippen LogP contribution is 2.35. The molecule has 1 unspecified atom stereocenters. The number of rotatable bonds is 7. The van der Waals surface area contributed by atoms with Gasteiger partial charge in [-0.25, -0.2) is 13.8 Å². The van der Waals surface area contributed by atoms with E-state index in [0.717, 1.165) is 5.82 Å². The van der Waals surface area contributed by atoms with Gasteiger partial charge in [0.1, 0.15) is 24.6 Å². The van der Waals surface area contributed by atoms with Crippen LogP contribution in [0.15, 0.2) is 12.1 Å². The van der Waals surface area contributed by atoms with Crippen LogP contribution in [-0.2, 0) is 28.0 Å². The number of nitrogens with zero attached hydrogens (tertiary/aromatic N) is 3. The van der Waals surface area contributed by atoms with Gasteiger partial charge in [-0.3, -0.25) is 4.21 Å². The molecule has 12 heteroatoms. The third kappa shape index (κ3) is 5.08. The summed E-state index contributed by atoms with van der Waals surface area (Å²) < 4.78 is 86.1. The molecule has 1 fully saturated rings. The molecule has 1 aliphatic rings. The summed E-state index contributed by atoms with van der Waals surface area (Å²) in [5.41, 5.74) is 0.691. The van der Waals surface area contributed by atoms with Crippen molar-refractivity contribution in [1.29, 1.82) is 0 Å². The van der Waals surface area contributed by atoms with Crippen LogP contribution >= 0.6 is 0 Å². The number of aryl methyl sites for hydroxylation is 1. The molecule has 0 aromatic carbocycles. The van der Waals surface area contributed by atoms with E-state index in [-0.39, 0.29) is 11.3 Å². The summed E-state index contributed by atoms with van der Waals surface area (Å²) >= 11 is 0. The number of hydrogen-bond donors (Lipinski definition) is 0. The predicted molar refractivity (Wildman–Crippen MR) is 100 cm³/mol. The van der Waals surface area contributed by atoms with Crippen LogP contribution in [0, 0.1) is 0 Å². The second-order valence-electron chi connectivity index (χ2n) is 7.46. The Bertz CT molecular complexity index is 908. The molecule has 1 saturated heterocycles. The maximum Gasteiger partial charge on any atom is 0.417 e. The van der Waals surface area contributed by atoms with Crippen molar-refractivity contribution < 1.29 is 35.6 Å². The van der Waals surface area contributed by atoms with Gasteiger partial charge in [0.05, 0.1) is 0 Å². The second-order valence-corrected chi connectivity index (χ2v) is 9.16. The molecule has 1 aliphatic heterocycles. The van der Waals surface area contributed by atoms with Crippen LogP contribution in [-0.4, -0.2) is 62.2 Å². The Balaban J connectivity index is 1.78. The molecular weight excluding hydrogens is 433 g/mol. The van der Waals surface area contributed by atoms with Crippen molar-refractivity contribution in [3.63, 3.8) is 0 Å². The maximum atomic E-state index is 13.0. The summed E-state index contributed by atoms with van der Waals surface area (Å²) in [5.74, 6) is 1.83. The molecule has 2 aromatic heterocycles. The van der Waals surface area contributed by atoms with E-state index in [2.05, 4.69) is 14.7 Å². The van der Waals surface area contributed by atoms with Crippen LogP contribution in [0.25, 0.3) is 11.2 Å².